The van der Waals surface area contributed by atoms with E-state index in [1.165, 1.54) is 16.4 Å². The highest BCUT2D eigenvalue weighted by Gasteiger charge is 2.47. The van der Waals surface area contributed by atoms with Gasteiger partial charge in [-0.15, -0.1) is 0 Å². The summed E-state index contributed by atoms with van der Waals surface area (Å²) in [6.07, 6.45) is 2.14. The van der Waals surface area contributed by atoms with Gasteiger partial charge in [0.25, 0.3) is 0 Å². The molecule has 5 nitrogen and oxygen atoms in total. The minimum atomic E-state index is -3.68. The fraction of sp³-hybridized carbons (Fsp3) is 0.538. The van der Waals surface area contributed by atoms with Crippen molar-refractivity contribution in [1.29, 1.82) is 0 Å². The van der Waals surface area contributed by atoms with E-state index in [1.807, 2.05) is 0 Å². The Morgan fingerprint density at radius 2 is 1.68 bits per heavy atom. The number of benzene rings is 1. The molecule has 0 amide bonds. The molecule has 2 saturated heterocycles. The smallest absolute Gasteiger partial charge is 0.247 e. The number of rotatable bonds is 2. The standard InChI is InChI=1S/C13H17NO4S/c15-11-7-9-5-6-10(8-11)14(9)19(17,18)13-4-2-1-3-12(13)16/h1-4,9-11,15-16H,5-8H2. The highest BCUT2D eigenvalue weighted by Crippen LogP contribution is 2.41. The van der Waals surface area contributed by atoms with Gasteiger partial charge in [-0.25, -0.2) is 8.42 Å². The predicted molar refractivity (Wildman–Crippen MR) is 69.2 cm³/mol. The molecule has 2 aliphatic rings. The summed E-state index contributed by atoms with van der Waals surface area (Å²) in [6, 6.07) is 5.73. The third-order valence-electron chi connectivity index (χ3n) is 4.06. The molecule has 2 fully saturated rings. The van der Waals surface area contributed by atoms with Gasteiger partial charge in [0.2, 0.25) is 10.0 Å². The van der Waals surface area contributed by atoms with Crippen molar-refractivity contribution in [1.82, 2.24) is 4.31 Å². The molecule has 19 heavy (non-hydrogen) atoms. The number of hydrogen-bond acceptors (Lipinski definition) is 4. The van der Waals surface area contributed by atoms with E-state index in [2.05, 4.69) is 0 Å². The van der Waals surface area contributed by atoms with Crippen molar-refractivity contribution in [3.05, 3.63) is 24.3 Å². The lowest BCUT2D eigenvalue weighted by Crippen LogP contribution is -2.47. The lowest BCUT2D eigenvalue weighted by Gasteiger charge is -2.36. The molecular formula is C13H17NO4S. The first-order valence-electron chi connectivity index (χ1n) is 6.50. The third-order valence-corrected chi connectivity index (χ3v) is 6.11. The number of aliphatic hydroxyl groups is 1. The van der Waals surface area contributed by atoms with E-state index in [0.29, 0.717) is 12.8 Å². The molecule has 0 aliphatic carbocycles. The molecule has 104 valence electrons. The fourth-order valence-electron chi connectivity index (χ4n) is 3.29. The number of fused-ring (bicyclic) bond motifs is 2. The Labute approximate surface area is 112 Å². The van der Waals surface area contributed by atoms with Crippen LogP contribution in [0.1, 0.15) is 25.7 Å². The van der Waals surface area contributed by atoms with Gasteiger partial charge in [0.15, 0.2) is 0 Å². The average molecular weight is 283 g/mol. The fourth-order valence-corrected chi connectivity index (χ4v) is 5.26. The van der Waals surface area contributed by atoms with Crippen LogP contribution in [0.5, 0.6) is 5.75 Å². The topological polar surface area (TPSA) is 77.8 Å². The van der Waals surface area contributed by atoms with Gasteiger partial charge in [0.05, 0.1) is 6.10 Å². The van der Waals surface area contributed by atoms with Crippen LogP contribution in [0.2, 0.25) is 0 Å². The molecule has 1 aromatic rings. The maximum atomic E-state index is 12.7. The van der Waals surface area contributed by atoms with E-state index in [-0.39, 0.29) is 22.7 Å². The summed E-state index contributed by atoms with van der Waals surface area (Å²) in [6.45, 7) is 0. The van der Waals surface area contributed by atoms with Crippen LogP contribution >= 0.6 is 0 Å². The molecule has 2 aliphatic heterocycles. The normalized spacial score (nSPS) is 31.5. The maximum absolute atomic E-state index is 12.7. The number of para-hydroxylation sites is 1. The lowest BCUT2D eigenvalue weighted by atomic mass is 10.0. The van der Waals surface area contributed by atoms with Gasteiger partial charge in [0.1, 0.15) is 10.6 Å². The molecule has 2 N–H and O–H groups in total. The van der Waals surface area contributed by atoms with Crippen LogP contribution in [0.4, 0.5) is 0 Å². The summed E-state index contributed by atoms with van der Waals surface area (Å²) in [5.74, 6) is -0.215. The van der Waals surface area contributed by atoms with Crippen LogP contribution in [-0.2, 0) is 10.0 Å². The lowest BCUT2D eigenvalue weighted by molar-refractivity contribution is 0.0768. The Morgan fingerprint density at radius 1 is 1.11 bits per heavy atom. The van der Waals surface area contributed by atoms with E-state index in [1.54, 1.807) is 12.1 Å². The second kappa shape index (κ2) is 4.47. The molecule has 2 bridgehead atoms. The molecule has 3 rings (SSSR count). The highest BCUT2D eigenvalue weighted by molar-refractivity contribution is 7.89. The number of phenols is 1. The Bertz CT molecular complexity index is 572. The third kappa shape index (κ3) is 2.04. The van der Waals surface area contributed by atoms with E-state index in [0.717, 1.165) is 12.8 Å². The van der Waals surface area contributed by atoms with Crippen molar-refractivity contribution in [3.8, 4) is 5.75 Å². The first-order valence-corrected chi connectivity index (χ1v) is 7.94. The minimum Gasteiger partial charge on any atom is -0.507 e. The highest BCUT2D eigenvalue weighted by atomic mass is 32.2. The van der Waals surface area contributed by atoms with Crippen LogP contribution in [0.25, 0.3) is 0 Å². The molecule has 0 saturated carbocycles. The molecule has 0 radical (unpaired) electrons. The summed E-state index contributed by atoms with van der Waals surface area (Å²) in [7, 11) is -3.68. The number of sulfonamides is 1. The minimum absolute atomic E-state index is 0.0386. The van der Waals surface area contributed by atoms with E-state index >= 15 is 0 Å². The number of aromatic hydroxyl groups is 1. The molecule has 2 unspecified atom stereocenters. The van der Waals surface area contributed by atoms with Gasteiger partial charge in [-0.05, 0) is 37.8 Å². The maximum Gasteiger partial charge on any atom is 0.247 e. The largest absolute Gasteiger partial charge is 0.507 e. The van der Waals surface area contributed by atoms with Gasteiger partial charge < -0.3 is 10.2 Å². The number of hydrogen-bond donors (Lipinski definition) is 2. The van der Waals surface area contributed by atoms with Crippen molar-refractivity contribution in [3.63, 3.8) is 0 Å². The Morgan fingerprint density at radius 3 is 2.26 bits per heavy atom. The number of piperidine rings is 1. The molecular weight excluding hydrogens is 266 g/mol. The first-order chi connectivity index (χ1) is 9.00. The Kier molecular flexibility index (Phi) is 3.03. The Balaban J connectivity index is 2.01. The molecule has 0 spiro atoms. The van der Waals surface area contributed by atoms with E-state index in [9.17, 15) is 18.6 Å². The van der Waals surface area contributed by atoms with Crippen LogP contribution in [-0.4, -0.2) is 41.1 Å². The van der Waals surface area contributed by atoms with Crippen LogP contribution in [0, 0.1) is 0 Å². The predicted octanol–water partition coefficient (Wildman–Crippen LogP) is 1.07. The summed E-state index contributed by atoms with van der Waals surface area (Å²) < 4.78 is 26.8. The van der Waals surface area contributed by atoms with Crippen LogP contribution in [0.3, 0.4) is 0 Å². The zero-order valence-corrected chi connectivity index (χ0v) is 11.3. The summed E-state index contributed by atoms with van der Waals surface area (Å²) in [4.78, 5) is -0.0386. The number of aliphatic hydroxyl groups excluding tert-OH is 1. The van der Waals surface area contributed by atoms with E-state index in [4.69, 9.17) is 0 Å². The van der Waals surface area contributed by atoms with Crippen molar-refractivity contribution < 1.29 is 18.6 Å². The van der Waals surface area contributed by atoms with Crippen LogP contribution < -0.4 is 0 Å². The zero-order chi connectivity index (χ0) is 13.6. The summed E-state index contributed by atoms with van der Waals surface area (Å²) in [5, 5.41) is 19.5. The van der Waals surface area contributed by atoms with Gasteiger partial charge in [-0.2, -0.15) is 4.31 Å². The second-order valence-corrected chi connectivity index (χ2v) is 7.12. The first kappa shape index (κ1) is 12.9. The number of phenolic OH excluding ortho intramolecular Hbond substituents is 1. The van der Waals surface area contributed by atoms with E-state index < -0.39 is 16.1 Å². The van der Waals surface area contributed by atoms with Gasteiger partial charge in [-0.3, -0.25) is 0 Å². The van der Waals surface area contributed by atoms with Gasteiger partial charge >= 0.3 is 0 Å². The molecule has 2 atom stereocenters. The van der Waals surface area contributed by atoms with Crippen molar-refractivity contribution >= 4 is 10.0 Å². The molecule has 6 heteroatoms. The monoisotopic (exact) mass is 283 g/mol. The average Bonchev–Trinajstić information content (AvgIpc) is 2.63. The van der Waals surface area contributed by atoms with Crippen molar-refractivity contribution in [2.45, 2.75) is 48.8 Å². The van der Waals surface area contributed by atoms with Crippen LogP contribution in [0.15, 0.2) is 29.2 Å². The van der Waals surface area contributed by atoms with Gasteiger partial charge in [0, 0.05) is 12.1 Å². The summed E-state index contributed by atoms with van der Waals surface area (Å²) in [5.41, 5.74) is 0. The molecule has 0 aromatic heterocycles. The molecule has 2 heterocycles. The van der Waals surface area contributed by atoms with Crippen molar-refractivity contribution in [2.24, 2.45) is 0 Å². The Hall–Kier alpha value is -1.11. The number of nitrogens with zero attached hydrogens (tertiary/aromatic N) is 1. The van der Waals surface area contributed by atoms with Gasteiger partial charge in [-0.1, -0.05) is 12.1 Å². The van der Waals surface area contributed by atoms with Crippen molar-refractivity contribution in [2.75, 3.05) is 0 Å². The SMILES string of the molecule is O=S(=O)(c1ccccc1O)N1C2CCC1CC(O)C2. The zero-order valence-electron chi connectivity index (χ0n) is 10.4. The quantitative estimate of drug-likeness (QED) is 0.851. The summed E-state index contributed by atoms with van der Waals surface area (Å²) >= 11 is 0. The molecule has 1 aromatic carbocycles. The second-order valence-electron chi connectivity index (χ2n) is 5.31.